The average molecular weight is 230 g/mol. The largest absolute Gasteiger partial charge is 0.368 e. The molecule has 17 heavy (non-hydrogen) atoms. The molecule has 0 saturated carbocycles. The van der Waals surface area contributed by atoms with Crippen molar-refractivity contribution < 1.29 is 4.79 Å². The van der Waals surface area contributed by atoms with E-state index in [0.717, 1.165) is 11.3 Å². The van der Waals surface area contributed by atoms with Crippen LogP contribution in [0.25, 0.3) is 0 Å². The highest BCUT2D eigenvalue weighted by Crippen LogP contribution is 2.18. The normalized spacial score (nSPS) is 12.1. The quantitative estimate of drug-likeness (QED) is 0.824. The summed E-state index contributed by atoms with van der Waals surface area (Å²) in [5.74, 6) is -0.417. The third-order valence-electron chi connectivity index (χ3n) is 2.43. The van der Waals surface area contributed by atoms with Crippen LogP contribution < -0.4 is 11.1 Å². The molecule has 5 heteroatoms. The Balaban J connectivity index is 2.22. The lowest BCUT2D eigenvalue weighted by atomic mass is 10.1. The summed E-state index contributed by atoms with van der Waals surface area (Å²) in [4.78, 5) is 11.4. The van der Waals surface area contributed by atoms with E-state index in [9.17, 15) is 4.79 Å². The van der Waals surface area contributed by atoms with Gasteiger partial charge in [0.05, 0.1) is 11.9 Å². The number of primary amides is 1. The van der Waals surface area contributed by atoms with Crippen LogP contribution >= 0.6 is 0 Å². The minimum absolute atomic E-state index is 0.417. The number of nitrogens with two attached hydrogens (primary N) is 1. The van der Waals surface area contributed by atoms with E-state index in [4.69, 9.17) is 5.73 Å². The predicted molar refractivity (Wildman–Crippen MR) is 65.2 cm³/mol. The van der Waals surface area contributed by atoms with Gasteiger partial charge >= 0.3 is 0 Å². The number of anilines is 1. The van der Waals surface area contributed by atoms with E-state index >= 15 is 0 Å². The van der Waals surface area contributed by atoms with Crippen LogP contribution in [0.4, 0.5) is 5.69 Å². The van der Waals surface area contributed by atoms with Gasteiger partial charge in [-0.15, -0.1) is 0 Å². The molecule has 0 saturated heterocycles. The Morgan fingerprint density at radius 3 is 2.65 bits per heavy atom. The fourth-order valence-electron chi connectivity index (χ4n) is 1.63. The summed E-state index contributed by atoms with van der Waals surface area (Å²) in [7, 11) is 1.81. The second-order valence-corrected chi connectivity index (χ2v) is 3.79. The smallest absolute Gasteiger partial charge is 0.244 e. The molecule has 1 aromatic heterocycles. The molecule has 2 rings (SSSR count). The molecule has 1 atom stereocenters. The molecular weight excluding hydrogens is 216 g/mol. The molecule has 0 spiro atoms. The Morgan fingerprint density at radius 1 is 1.41 bits per heavy atom. The van der Waals surface area contributed by atoms with Crippen LogP contribution in [0.2, 0.25) is 0 Å². The van der Waals surface area contributed by atoms with Crippen LogP contribution in [-0.4, -0.2) is 15.7 Å². The fourth-order valence-corrected chi connectivity index (χ4v) is 1.63. The average Bonchev–Trinajstić information content (AvgIpc) is 2.73. The SMILES string of the molecule is Cn1cc(NC(C(N)=O)c2ccccc2)cn1. The standard InChI is InChI=1S/C12H14N4O/c1-16-8-10(7-14-16)15-11(12(13)17)9-5-3-2-4-6-9/h2-8,11,15H,1H3,(H2,13,17). The lowest BCUT2D eigenvalue weighted by Gasteiger charge is -2.15. The summed E-state index contributed by atoms with van der Waals surface area (Å²) >= 11 is 0. The maximum Gasteiger partial charge on any atom is 0.244 e. The number of amides is 1. The van der Waals surface area contributed by atoms with Crippen LogP contribution in [0.15, 0.2) is 42.7 Å². The Morgan fingerprint density at radius 2 is 2.12 bits per heavy atom. The van der Waals surface area contributed by atoms with Crippen LogP contribution in [-0.2, 0) is 11.8 Å². The van der Waals surface area contributed by atoms with Gasteiger partial charge in [0.15, 0.2) is 0 Å². The topological polar surface area (TPSA) is 72.9 Å². The molecule has 3 N–H and O–H groups in total. The summed E-state index contributed by atoms with van der Waals surface area (Å²) in [6.45, 7) is 0. The van der Waals surface area contributed by atoms with Crippen molar-refractivity contribution in [1.82, 2.24) is 9.78 Å². The number of nitrogens with zero attached hydrogens (tertiary/aromatic N) is 2. The van der Waals surface area contributed by atoms with Gasteiger partial charge in [-0.3, -0.25) is 9.48 Å². The Labute approximate surface area is 99.2 Å². The van der Waals surface area contributed by atoms with Gasteiger partial charge in [0, 0.05) is 13.2 Å². The molecule has 2 aromatic rings. The second kappa shape index (κ2) is 4.69. The number of carbonyl (C=O) groups is 1. The van der Waals surface area contributed by atoms with Gasteiger partial charge in [-0.25, -0.2) is 0 Å². The third-order valence-corrected chi connectivity index (χ3v) is 2.43. The van der Waals surface area contributed by atoms with Crippen LogP contribution in [0.3, 0.4) is 0 Å². The number of aryl methyl sites for hydroxylation is 1. The monoisotopic (exact) mass is 230 g/mol. The van der Waals surface area contributed by atoms with Crippen molar-refractivity contribution in [2.45, 2.75) is 6.04 Å². The van der Waals surface area contributed by atoms with Crippen LogP contribution in [0, 0.1) is 0 Å². The first kappa shape index (κ1) is 11.2. The number of hydrogen-bond donors (Lipinski definition) is 2. The molecule has 0 aliphatic rings. The number of nitrogens with one attached hydrogen (secondary N) is 1. The molecular formula is C12H14N4O. The summed E-state index contributed by atoms with van der Waals surface area (Å²) in [6.07, 6.45) is 3.44. The molecule has 1 heterocycles. The van der Waals surface area contributed by atoms with Gasteiger partial charge in [0.25, 0.3) is 0 Å². The van der Waals surface area contributed by atoms with E-state index in [1.165, 1.54) is 0 Å². The Kier molecular flexibility index (Phi) is 3.09. The molecule has 0 bridgehead atoms. The third kappa shape index (κ3) is 2.63. The minimum Gasteiger partial charge on any atom is -0.368 e. The Bertz CT molecular complexity index is 506. The summed E-state index contributed by atoms with van der Waals surface area (Å²) < 4.78 is 1.66. The molecule has 88 valence electrons. The van der Waals surface area contributed by atoms with Gasteiger partial charge in [0.2, 0.25) is 5.91 Å². The van der Waals surface area contributed by atoms with Gasteiger partial charge in [-0.05, 0) is 5.56 Å². The molecule has 1 unspecified atom stereocenters. The predicted octanol–water partition coefficient (Wildman–Crippen LogP) is 1.06. The summed E-state index contributed by atoms with van der Waals surface area (Å²) in [5, 5.41) is 7.08. The molecule has 0 radical (unpaired) electrons. The van der Waals surface area contributed by atoms with Crippen LogP contribution in [0.1, 0.15) is 11.6 Å². The number of benzene rings is 1. The minimum atomic E-state index is -0.541. The van der Waals surface area contributed by atoms with Crippen molar-refractivity contribution in [3.63, 3.8) is 0 Å². The lowest BCUT2D eigenvalue weighted by molar-refractivity contribution is -0.118. The highest BCUT2D eigenvalue weighted by atomic mass is 16.1. The first-order valence-corrected chi connectivity index (χ1v) is 5.26. The van der Waals surface area contributed by atoms with E-state index in [2.05, 4.69) is 10.4 Å². The van der Waals surface area contributed by atoms with E-state index in [0.29, 0.717) is 0 Å². The first-order valence-electron chi connectivity index (χ1n) is 5.26. The van der Waals surface area contributed by atoms with Crippen molar-refractivity contribution in [2.75, 3.05) is 5.32 Å². The van der Waals surface area contributed by atoms with Crippen molar-refractivity contribution in [1.29, 1.82) is 0 Å². The first-order chi connectivity index (χ1) is 8.16. The molecule has 5 nitrogen and oxygen atoms in total. The van der Waals surface area contributed by atoms with Gasteiger partial charge in [0.1, 0.15) is 6.04 Å². The zero-order chi connectivity index (χ0) is 12.3. The number of rotatable bonds is 4. The van der Waals surface area contributed by atoms with Crippen molar-refractivity contribution >= 4 is 11.6 Å². The summed E-state index contributed by atoms with van der Waals surface area (Å²) in [6, 6.07) is 8.82. The molecule has 0 aliphatic heterocycles. The molecule has 1 amide bonds. The van der Waals surface area contributed by atoms with E-state index in [1.807, 2.05) is 37.4 Å². The fraction of sp³-hybridized carbons (Fsp3) is 0.167. The van der Waals surface area contributed by atoms with E-state index in [-0.39, 0.29) is 0 Å². The Hall–Kier alpha value is -2.30. The van der Waals surface area contributed by atoms with E-state index < -0.39 is 11.9 Å². The van der Waals surface area contributed by atoms with Gasteiger partial charge in [-0.2, -0.15) is 5.10 Å². The molecule has 1 aromatic carbocycles. The van der Waals surface area contributed by atoms with Crippen molar-refractivity contribution in [3.8, 4) is 0 Å². The lowest BCUT2D eigenvalue weighted by Crippen LogP contribution is -2.27. The molecule has 0 fully saturated rings. The number of hydrogen-bond acceptors (Lipinski definition) is 3. The van der Waals surface area contributed by atoms with Crippen LogP contribution in [0.5, 0.6) is 0 Å². The van der Waals surface area contributed by atoms with Gasteiger partial charge < -0.3 is 11.1 Å². The van der Waals surface area contributed by atoms with Crippen molar-refractivity contribution in [3.05, 3.63) is 48.3 Å². The summed E-state index contributed by atoms with van der Waals surface area (Å²) in [5.41, 5.74) is 7.00. The van der Waals surface area contributed by atoms with Gasteiger partial charge in [-0.1, -0.05) is 30.3 Å². The van der Waals surface area contributed by atoms with E-state index in [1.54, 1.807) is 17.1 Å². The number of aromatic nitrogens is 2. The van der Waals surface area contributed by atoms with Crippen molar-refractivity contribution in [2.24, 2.45) is 12.8 Å². The maximum atomic E-state index is 11.4. The zero-order valence-electron chi connectivity index (χ0n) is 9.50. The second-order valence-electron chi connectivity index (χ2n) is 3.79. The number of carbonyl (C=O) groups excluding carboxylic acids is 1. The molecule has 0 aliphatic carbocycles. The highest BCUT2D eigenvalue weighted by Gasteiger charge is 2.17. The maximum absolute atomic E-state index is 11.4. The zero-order valence-corrected chi connectivity index (χ0v) is 9.50. The highest BCUT2D eigenvalue weighted by molar-refractivity contribution is 5.84.